The van der Waals surface area contributed by atoms with Crippen molar-refractivity contribution in [1.82, 2.24) is 10.2 Å². The van der Waals surface area contributed by atoms with Crippen LogP contribution in [0.25, 0.3) is 0 Å². The second kappa shape index (κ2) is 7.36. The standard InChI is InChI=1S/C14H19ClN2O3/c15-11-1-5-13(6-2-11)20-10-7-16-14(19)17(8-9-18)12-3-4-12/h1-2,5-6,12,18H,3-4,7-10H2,(H,16,19). The van der Waals surface area contributed by atoms with Gasteiger partial charge in [-0.2, -0.15) is 0 Å². The fourth-order valence-electron chi connectivity index (χ4n) is 1.90. The SMILES string of the molecule is O=C(NCCOc1ccc(Cl)cc1)N(CCO)C1CC1. The van der Waals surface area contributed by atoms with Crippen molar-refractivity contribution < 1.29 is 14.6 Å². The van der Waals surface area contributed by atoms with Crippen molar-refractivity contribution in [3.8, 4) is 5.75 Å². The number of amides is 2. The van der Waals surface area contributed by atoms with Gasteiger partial charge in [-0.15, -0.1) is 0 Å². The summed E-state index contributed by atoms with van der Waals surface area (Å²) < 4.78 is 5.49. The van der Waals surface area contributed by atoms with E-state index >= 15 is 0 Å². The molecule has 0 unspecified atom stereocenters. The van der Waals surface area contributed by atoms with Crippen LogP contribution in [0.5, 0.6) is 5.75 Å². The van der Waals surface area contributed by atoms with Gasteiger partial charge in [-0.25, -0.2) is 4.79 Å². The highest BCUT2D eigenvalue weighted by molar-refractivity contribution is 6.30. The second-order valence-electron chi connectivity index (χ2n) is 4.68. The van der Waals surface area contributed by atoms with Gasteiger partial charge in [0.25, 0.3) is 0 Å². The number of aliphatic hydroxyl groups is 1. The number of urea groups is 1. The summed E-state index contributed by atoms with van der Waals surface area (Å²) in [5.41, 5.74) is 0. The lowest BCUT2D eigenvalue weighted by atomic mass is 10.3. The molecule has 5 nitrogen and oxygen atoms in total. The maximum atomic E-state index is 11.9. The lowest BCUT2D eigenvalue weighted by Crippen LogP contribution is -2.44. The molecule has 20 heavy (non-hydrogen) atoms. The van der Waals surface area contributed by atoms with Crippen molar-refractivity contribution in [2.24, 2.45) is 0 Å². The van der Waals surface area contributed by atoms with Crippen LogP contribution in [-0.2, 0) is 0 Å². The highest BCUT2D eigenvalue weighted by Crippen LogP contribution is 2.26. The molecule has 1 aromatic rings. The number of halogens is 1. The molecule has 0 atom stereocenters. The molecule has 0 radical (unpaired) electrons. The van der Waals surface area contributed by atoms with Crippen molar-refractivity contribution in [2.45, 2.75) is 18.9 Å². The Kier molecular flexibility index (Phi) is 5.49. The summed E-state index contributed by atoms with van der Waals surface area (Å²) in [5.74, 6) is 0.720. The fourth-order valence-corrected chi connectivity index (χ4v) is 2.03. The van der Waals surface area contributed by atoms with Gasteiger partial charge >= 0.3 is 6.03 Å². The van der Waals surface area contributed by atoms with Crippen LogP contribution >= 0.6 is 11.6 Å². The van der Waals surface area contributed by atoms with Crippen LogP contribution in [0, 0.1) is 0 Å². The Labute approximate surface area is 123 Å². The Morgan fingerprint density at radius 1 is 1.40 bits per heavy atom. The minimum Gasteiger partial charge on any atom is -0.492 e. The van der Waals surface area contributed by atoms with E-state index in [4.69, 9.17) is 21.4 Å². The molecule has 2 amide bonds. The van der Waals surface area contributed by atoms with Crippen LogP contribution in [0.3, 0.4) is 0 Å². The maximum absolute atomic E-state index is 11.9. The predicted molar refractivity (Wildman–Crippen MR) is 77.2 cm³/mol. The molecule has 1 fully saturated rings. The number of carbonyl (C=O) groups excluding carboxylic acids is 1. The number of hydrogen-bond donors (Lipinski definition) is 2. The summed E-state index contributed by atoms with van der Waals surface area (Å²) in [4.78, 5) is 13.6. The van der Waals surface area contributed by atoms with Crippen molar-refractivity contribution in [3.63, 3.8) is 0 Å². The van der Waals surface area contributed by atoms with Gasteiger partial charge in [0.2, 0.25) is 0 Å². The van der Waals surface area contributed by atoms with Crippen molar-refractivity contribution in [3.05, 3.63) is 29.3 Å². The average Bonchev–Trinajstić information content (AvgIpc) is 3.27. The summed E-state index contributed by atoms with van der Waals surface area (Å²) in [7, 11) is 0. The molecule has 1 aromatic carbocycles. The third-order valence-electron chi connectivity index (χ3n) is 3.05. The number of rotatable bonds is 7. The zero-order valence-corrected chi connectivity index (χ0v) is 12.0. The third-order valence-corrected chi connectivity index (χ3v) is 3.30. The maximum Gasteiger partial charge on any atom is 0.317 e. The summed E-state index contributed by atoms with van der Waals surface area (Å²) in [6, 6.07) is 7.23. The molecule has 1 aliphatic rings. The summed E-state index contributed by atoms with van der Waals surface area (Å²) in [6.45, 7) is 1.20. The first-order valence-electron chi connectivity index (χ1n) is 6.74. The van der Waals surface area contributed by atoms with Gasteiger partial charge in [0.1, 0.15) is 12.4 Å². The number of nitrogens with zero attached hydrogens (tertiary/aromatic N) is 1. The second-order valence-corrected chi connectivity index (χ2v) is 5.12. The van der Waals surface area contributed by atoms with E-state index in [1.54, 1.807) is 29.2 Å². The molecular formula is C14H19ClN2O3. The lowest BCUT2D eigenvalue weighted by molar-refractivity contribution is 0.171. The fraction of sp³-hybridized carbons (Fsp3) is 0.500. The predicted octanol–water partition coefficient (Wildman–Crippen LogP) is 1.89. The minimum absolute atomic E-state index is 0.00874. The molecule has 0 aliphatic heterocycles. The molecule has 6 heteroatoms. The quantitative estimate of drug-likeness (QED) is 0.756. The monoisotopic (exact) mass is 298 g/mol. The first-order valence-corrected chi connectivity index (χ1v) is 7.12. The molecule has 0 saturated heterocycles. The Bertz CT molecular complexity index is 435. The molecule has 110 valence electrons. The molecule has 2 rings (SSSR count). The highest BCUT2D eigenvalue weighted by Gasteiger charge is 2.31. The molecule has 0 bridgehead atoms. The number of carbonyl (C=O) groups is 1. The molecule has 0 spiro atoms. The van der Waals surface area contributed by atoms with Crippen LogP contribution in [0.1, 0.15) is 12.8 Å². The van der Waals surface area contributed by atoms with E-state index in [9.17, 15) is 4.79 Å². The zero-order chi connectivity index (χ0) is 14.4. The van der Waals surface area contributed by atoms with Crippen LogP contribution in [0.4, 0.5) is 4.79 Å². The molecule has 2 N–H and O–H groups in total. The third kappa shape index (κ3) is 4.58. The van der Waals surface area contributed by atoms with Crippen molar-refractivity contribution in [2.75, 3.05) is 26.3 Å². The van der Waals surface area contributed by atoms with Gasteiger partial charge in [0.15, 0.2) is 0 Å². The number of aliphatic hydroxyl groups excluding tert-OH is 1. The van der Waals surface area contributed by atoms with Gasteiger partial charge in [-0.3, -0.25) is 0 Å². The number of hydrogen-bond acceptors (Lipinski definition) is 3. The van der Waals surface area contributed by atoms with Gasteiger partial charge in [-0.1, -0.05) is 11.6 Å². The molecule has 1 aliphatic carbocycles. The normalized spacial score (nSPS) is 13.9. The van der Waals surface area contributed by atoms with E-state index in [1.807, 2.05) is 0 Å². The van der Waals surface area contributed by atoms with E-state index in [2.05, 4.69) is 5.32 Å². The summed E-state index contributed by atoms with van der Waals surface area (Å²) >= 11 is 5.78. The van der Waals surface area contributed by atoms with Gasteiger partial charge < -0.3 is 20.1 Å². The van der Waals surface area contributed by atoms with Gasteiger partial charge in [0.05, 0.1) is 13.2 Å². The molecule has 1 saturated carbocycles. The Morgan fingerprint density at radius 2 is 2.10 bits per heavy atom. The van der Waals surface area contributed by atoms with Gasteiger partial charge in [-0.05, 0) is 37.1 Å². The van der Waals surface area contributed by atoms with Crippen LogP contribution in [0.15, 0.2) is 24.3 Å². The average molecular weight is 299 g/mol. The minimum atomic E-state index is -0.138. The van der Waals surface area contributed by atoms with Crippen LogP contribution in [-0.4, -0.2) is 48.4 Å². The Morgan fingerprint density at radius 3 is 2.70 bits per heavy atom. The Hall–Kier alpha value is -1.46. The van der Waals surface area contributed by atoms with E-state index in [0.29, 0.717) is 30.8 Å². The van der Waals surface area contributed by atoms with E-state index < -0.39 is 0 Å². The van der Waals surface area contributed by atoms with Gasteiger partial charge in [0, 0.05) is 17.6 Å². The summed E-state index contributed by atoms with van der Waals surface area (Å²) in [6.07, 6.45) is 2.05. The van der Waals surface area contributed by atoms with E-state index in [0.717, 1.165) is 18.6 Å². The molecule has 0 aromatic heterocycles. The smallest absolute Gasteiger partial charge is 0.317 e. The van der Waals surface area contributed by atoms with Crippen molar-refractivity contribution in [1.29, 1.82) is 0 Å². The highest BCUT2D eigenvalue weighted by atomic mass is 35.5. The number of ether oxygens (including phenoxy) is 1. The first kappa shape index (κ1) is 14.9. The van der Waals surface area contributed by atoms with E-state index in [-0.39, 0.29) is 12.6 Å². The first-order chi connectivity index (χ1) is 9.70. The molecule has 0 heterocycles. The number of nitrogens with one attached hydrogen (secondary N) is 1. The van der Waals surface area contributed by atoms with E-state index in [1.165, 1.54) is 0 Å². The van der Waals surface area contributed by atoms with Crippen molar-refractivity contribution >= 4 is 17.6 Å². The lowest BCUT2D eigenvalue weighted by Gasteiger charge is -2.21. The Balaban J connectivity index is 1.67. The molecular weight excluding hydrogens is 280 g/mol. The summed E-state index contributed by atoms with van der Waals surface area (Å²) in [5, 5.41) is 12.4. The largest absolute Gasteiger partial charge is 0.492 e. The zero-order valence-electron chi connectivity index (χ0n) is 11.2. The topological polar surface area (TPSA) is 61.8 Å². The van der Waals surface area contributed by atoms with Crippen LogP contribution in [0.2, 0.25) is 5.02 Å². The number of benzene rings is 1. The van der Waals surface area contributed by atoms with Crippen LogP contribution < -0.4 is 10.1 Å².